The van der Waals surface area contributed by atoms with Gasteiger partial charge < -0.3 is 20.1 Å². The first-order valence-electron chi connectivity index (χ1n) is 11.4. The van der Waals surface area contributed by atoms with E-state index in [4.69, 9.17) is 4.74 Å². The van der Waals surface area contributed by atoms with Crippen molar-refractivity contribution in [2.45, 2.75) is 38.3 Å². The summed E-state index contributed by atoms with van der Waals surface area (Å²) in [4.78, 5) is 27.2. The lowest BCUT2D eigenvalue weighted by molar-refractivity contribution is 0.00705. The Kier molecular flexibility index (Phi) is 4.50. The number of carbonyl (C=O) groups is 2. The molecular weight excluding hydrogens is 453 g/mol. The molecule has 0 atom stereocenters. The topological polar surface area (TPSA) is 101 Å². The molecule has 10 heteroatoms. The lowest BCUT2D eigenvalue weighted by atomic mass is 9.81. The molecule has 180 valence electrons. The summed E-state index contributed by atoms with van der Waals surface area (Å²) < 4.78 is 24.4. The number of fused-ring (bicyclic) bond motifs is 3. The molecule has 35 heavy (non-hydrogen) atoms. The maximum absolute atomic E-state index is 15.5. The van der Waals surface area contributed by atoms with E-state index in [-0.39, 0.29) is 29.1 Å². The van der Waals surface area contributed by atoms with E-state index in [0.717, 1.165) is 0 Å². The van der Waals surface area contributed by atoms with Crippen LogP contribution in [0.4, 0.5) is 9.18 Å². The molecule has 9 nitrogen and oxygen atoms in total. The summed E-state index contributed by atoms with van der Waals surface area (Å²) in [6, 6.07) is 6.05. The minimum absolute atomic E-state index is 0.00396. The molecule has 2 bridgehead atoms. The van der Waals surface area contributed by atoms with Crippen LogP contribution in [0.1, 0.15) is 34.5 Å². The zero-order valence-electron chi connectivity index (χ0n) is 19.5. The summed E-state index contributed by atoms with van der Waals surface area (Å²) in [6.45, 7) is 3.87. The molecule has 1 aromatic carbocycles. The predicted octanol–water partition coefficient (Wildman–Crippen LogP) is 3.37. The van der Waals surface area contributed by atoms with Gasteiger partial charge in [0.25, 0.3) is 5.91 Å². The predicted molar refractivity (Wildman–Crippen MR) is 125 cm³/mol. The van der Waals surface area contributed by atoms with E-state index in [9.17, 15) is 14.7 Å². The molecule has 2 aliphatic heterocycles. The van der Waals surface area contributed by atoms with Crippen LogP contribution in [0.2, 0.25) is 0 Å². The number of aryl methyl sites for hydroxylation is 2. The van der Waals surface area contributed by atoms with Crippen LogP contribution < -0.4 is 10.1 Å². The SMILES string of the molecule is CNC(=O)n1c(C)cc2c(F)c(Oc3ccnn4cc(C(=O)N5CC6(O)CC5C6)c(C)c34)ccc21. The molecule has 2 saturated heterocycles. The minimum Gasteiger partial charge on any atom is -0.452 e. The van der Waals surface area contributed by atoms with Gasteiger partial charge in [0.05, 0.1) is 29.4 Å². The van der Waals surface area contributed by atoms with Crippen molar-refractivity contribution in [1.29, 1.82) is 0 Å². The van der Waals surface area contributed by atoms with Crippen LogP contribution in [0.25, 0.3) is 16.4 Å². The number of nitrogens with zero attached hydrogens (tertiary/aromatic N) is 4. The van der Waals surface area contributed by atoms with Crippen molar-refractivity contribution in [3.8, 4) is 11.5 Å². The second-order valence-electron chi connectivity index (χ2n) is 9.46. The van der Waals surface area contributed by atoms with Crippen LogP contribution in [0, 0.1) is 19.7 Å². The summed E-state index contributed by atoms with van der Waals surface area (Å²) in [5.74, 6) is -0.401. The van der Waals surface area contributed by atoms with Gasteiger partial charge in [0.15, 0.2) is 17.3 Å². The highest BCUT2D eigenvalue weighted by atomic mass is 19.1. The number of aromatic nitrogens is 3. The fourth-order valence-electron chi connectivity index (χ4n) is 5.46. The van der Waals surface area contributed by atoms with Crippen molar-refractivity contribution in [3.05, 3.63) is 59.3 Å². The van der Waals surface area contributed by atoms with Crippen molar-refractivity contribution in [1.82, 2.24) is 24.4 Å². The summed E-state index contributed by atoms with van der Waals surface area (Å²) in [5, 5.41) is 17.4. The van der Waals surface area contributed by atoms with Gasteiger partial charge in [-0.25, -0.2) is 13.7 Å². The van der Waals surface area contributed by atoms with E-state index in [0.29, 0.717) is 53.0 Å². The number of halogens is 1. The Bertz CT molecular complexity index is 1550. The first kappa shape index (κ1) is 21.6. The van der Waals surface area contributed by atoms with E-state index < -0.39 is 11.4 Å². The standard InChI is InChI=1S/C25H24FN5O4/c1-13-8-16-18(31(13)24(33)27-3)4-5-19(21(16)26)35-20-6-7-28-30-11-17(14(2)22(20)30)23(32)29-12-25(34)9-15(29)10-25/h4-8,11,15,34H,9-10,12H2,1-3H3,(H,27,33). The van der Waals surface area contributed by atoms with Gasteiger partial charge in [0.2, 0.25) is 0 Å². The molecular formula is C25H24FN5O4. The molecule has 0 spiro atoms. The Balaban J connectivity index is 1.38. The van der Waals surface area contributed by atoms with Crippen LogP contribution >= 0.6 is 0 Å². The van der Waals surface area contributed by atoms with E-state index in [1.54, 1.807) is 47.7 Å². The Morgan fingerprint density at radius 2 is 2.00 bits per heavy atom. The average Bonchev–Trinajstić information content (AvgIpc) is 3.53. The zero-order chi connectivity index (χ0) is 24.6. The van der Waals surface area contributed by atoms with Crippen LogP contribution in [0.3, 0.4) is 0 Å². The second-order valence-corrected chi connectivity index (χ2v) is 9.46. The fourth-order valence-corrected chi connectivity index (χ4v) is 5.46. The fraction of sp³-hybridized carbons (Fsp3) is 0.320. The van der Waals surface area contributed by atoms with Crippen molar-refractivity contribution < 1.29 is 23.8 Å². The van der Waals surface area contributed by atoms with Gasteiger partial charge in [0, 0.05) is 36.4 Å². The van der Waals surface area contributed by atoms with Crippen molar-refractivity contribution in [2.24, 2.45) is 0 Å². The van der Waals surface area contributed by atoms with Gasteiger partial charge in [-0.2, -0.15) is 5.10 Å². The van der Waals surface area contributed by atoms with Gasteiger partial charge >= 0.3 is 6.03 Å². The molecule has 5 heterocycles. The number of carbonyl (C=O) groups excluding carboxylic acids is 2. The molecule has 0 radical (unpaired) electrons. The number of rotatable bonds is 3. The van der Waals surface area contributed by atoms with Crippen LogP contribution in [-0.4, -0.2) is 61.4 Å². The number of benzene rings is 1. The molecule has 2 N–H and O–H groups in total. The number of hydrogen-bond donors (Lipinski definition) is 2. The molecule has 2 amide bonds. The number of nitrogens with one attached hydrogen (secondary N) is 1. The lowest BCUT2D eigenvalue weighted by Crippen LogP contribution is -2.40. The highest BCUT2D eigenvalue weighted by Crippen LogP contribution is 2.45. The minimum atomic E-state index is -0.759. The van der Waals surface area contributed by atoms with Gasteiger partial charge in [-0.05, 0) is 50.5 Å². The van der Waals surface area contributed by atoms with Crippen LogP contribution in [0.15, 0.2) is 36.7 Å². The van der Waals surface area contributed by atoms with Gasteiger partial charge in [-0.3, -0.25) is 9.36 Å². The van der Waals surface area contributed by atoms with Gasteiger partial charge in [0.1, 0.15) is 5.52 Å². The normalized spacial score (nSPS) is 20.9. The van der Waals surface area contributed by atoms with Crippen molar-refractivity contribution >= 4 is 28.4 Å². The van der Waals surface area contributed by atoms with Crippen LogP contribution in [-0.2, 0) is 0 Å². The van der Waals surface area contributed by atoms with Gasteiger partial charge in [-0.1, -0.05) is 0 Å². The molecule has 3 aromatic heterocycles. The summed E-state index contributed by atoms with van der Waals surface area (Å²) in [7, 11) is 1.52. The maximum atomic E-state index is 15.5. The van der Waals surface area contributed by atoms with E-state index in [1.807, 2.05) is 0 Å². The molecule has 0 unspecified atom stereocenters. The number of amides is 2. The monoisotopic (exact) mass is 477 g/mol. The largest absolute Gasteiger partial charge is 0.452 e. The maximum Gasteiger partial charge on any atom is 0.325 e. The number of aliphatic hydroxyl groups is 1. The summed E-state index contributed by atoms with van der Waals surface area (Å²) in [5.41, 5.74) is 1.96. The van der Waals surface area contributed by atoms with Gasteiger partial charge in [-0.15, -0.1) is 0 Å². The highest BCUT2D eigenvalue weighted by molar-refractivity contribution is 5.99. The first-order valence-corrected chi connectivity index (χ1v) is 11.4. The lowest BCUT2D eigenvalue weighted by Gasteiger charge is -2.31. The van der Waals surface area contributed by atoms with Crippen molar-refractivity contribution in [2.75, 3.05) is 13.6 Å². The average molecular weight is 477 g/mol. The van der Waals surface area contributed by atoms with Crippen LogP contribution in [0.5, 0.6) is 11.5 Å². The van der Waals surface area contributed by atoms with E-state index in [1.165, 1.54) is 23.9 Å². The Morgan fingerprint density at radius 3 is 2.69 bits per heavy atom. The van der Waals surface area contributed by atoms with E-state index in [2.05, 4.69) is 10.4 Å². The third kappa shape index (κ3) is 3.06. The van der Waals surface area contributed by atoms with E-state index >= 15 is 4.39 Å². The Morgan fingerprint density at radius 1 is 1.23 bits per heavy atom. The molecule has 1 saturated carbocycles. The summed E-state index contributed by atoms with van der Waals surface area (Å²) >= 11 is 0. The number of hydrogen-bond acceptors (Lipinski definition) is 5. The molecule has 3 aliphatic rings. The molecule has 4 aromatic rings. The molecule has 1 aliphatic carbocycles. The third-order valence-corrected chi connectivity index (χ3v) is 7.22. The van der Waals surface area contributed by atoms with Crippen molar-refractivity contribution in [3.63, 3.8) is 0 Å². The second kappa shape index (κ2) is 7.29. The number of ether oxygens (including phenoxy) is 1. The Hall–Kier alpha value is -3.92. The first-order chi connectivity index (χ1) is 16.7. The quantitative estimate of drug-likeness (QED) is 0.471. The summed E-state index contributed by atoms with van der Waals surface area (Å²) in [6.07, 6.45) is 4.39. The highest BCUT2D eigenvalue weighted by Gasteiger charge is 2.56. The molecule has 3 fully saturated rings. The molecule has 7 rings (SSSR count). The smallest absolute Gasteiger partial charge is 0.325 e. The Labute approximate surface area is 199 Å². The third-order valence-electron chi connectivity index (χ3n) is 7.22. The zero-order valence-corrected chi connectivity index (χ0v) is 19.5.